The first-order valence-electron chi connectivity index (χ1n) is 6.41. The number of hydrogen-bond acceptors (Lipinski definition) is 5. The summed E-state index contributed by atoms with van der Waals surface area (Å²) in [5.41, 5.74) is 5.98. The van der Waals surface area contributed by atoms with Gasteiger partial charge in [-0.1, -0.05) is 37.2 Å². The number of ether oxygens (including phenoxy) is 1. The molecule has 102 valence electrons. The minimum absolute atomic E-state index is 0.210. The van der Waals surface area contributed by atoms with Crippen LogP contribution in [0.4, 0.5) is 0 Å². The van der Waals surface area contributed by atoms with Gasteiger partial charge >= 0.3 is 0 Å². The Balaban J connectivity index is 1.90. The topological polar surface area (TPSA) is 74.2 Å². The van der Waals surface area contributed by atoms with Crippen molar-refractivity contribution < 1.29 is 9.26 Å². The number of nitrogens with zero attached hydrogens (tertiary/aromatic N) is 2. The zero-order chi connectivity index (χ0) is 13.7. The molecule has 0 saturated heterocycles. The summed E-state index contributed by atoms with van der Waals surface area (Å²) < 4.78 is 10.7. The van der Waals surface area contributed by atoms with Crippen molar-refractivity contribution in [1.29, 1.82) is 0 Å². The fourth-order valence-electron chi connectivity index (χ4n) is 1.75. The molecule has 2 aromatic rings. The third-order valence-corrected chi connectivity index (χ3v) is 2.64. The first-order valence-corrected chi connectivity index (χ1v) is 6.41. The molecule has 0 bridgehead atoms. The van der Waals surface area contributed by atoms with E-state index in [1.165, 1.54) is 0 Å². The first-order chi connectivity index (χ1) is 9.15. The van der Waals surface area contributed by atoms with Crippen molar-refractivity contribution in [2.24, 2.45) is 11.7 Å². The standard InChI is InChI=1S/C14H19N3O2/c1-10(2)8-12(15)14-16-13(17-19-14)9-18-11-6-4-3-5-7-11/h3-7,10,12H,8-9,15H2,1-2H3/t12-/m0/s1. The van der Waals surface area contributed by atoms with E-state index in [0.717, 1.165) is 12.2 Å². The molecule has 5 nitrogen and oxygen atoms in total. The Kier molecular flexibility index (Phi) is 4.52. The van der Waals surface area contributed by atoms with Crippen LogP contribution in [-0.2, 0) is 6.61 Å². The van der Waals surface area contributed by atoms with Crippen molar-refractivity contribution in [3.8, 4) is 5.75 Å². The quantitative estimate of drug-likeness (QED) is 0.865. The van der Waals surface area contributed by atoms with Gasteiger partial charge in [-0.15, -0.1) is 0 Å². The summed E-state index contributed by atoms with van der Waals surface area (Å²) in [6.07, 6.45) is 0.821. The summed E-state index contributed by atoms with van der Waals surface area (Å²) >= 11 is 0. The minimum Gasteiger partial charge on any atom is -0.485 e. The van der Waals surface area contributed by atoms with Crippen molar-refractivity contribution in [2.75, 3.05) is 0 Å². The van der Waals surface area contributed by atoms with Gasteiger partial charge < -0.3 is 15.0 Å². The molecule has 0 aliphatic heterocycles. The Bertz CT molecular complexity index is 496. The van der Waals surface area contributed by atoms with Crippen molar-refractivity contribution in [3.63, 3.8) is 0 Å². The van der Waals surface area contributed by atoms with Crippen LogP contribution in [0.1, 0.15) is 38.0 Å². The Morgan fingerprint density at radius 3 is 2.68 bits per heavy atom. The van der Waals surface area contributed by atoms with Crippen molar-refractivity contribution in [3.05, 3.63) is 42.0 Å². The van der Waals surface area contributed by atoms with E-state index in [-0.39, 0.29) is 12.6 Å². The maximum atomic E-state index is 5.98. The molecule has 2 rings (SSSR count). The Hall–Kier alpha value is -1.88. The summed E-state index contributed by atoms with van der Waals surface area (Å²) in [6, 6.07) is 9.31. The monoisotopic (exact) mass is 261 g/mol. The smallest absolute Gasteiger partial charge is 0.243 e. The summed E-state index contributed by atoms with van der Waals surface area (Å²) in [5, 5.41) is 3.87. The molecule has 0 unspecified atom stereocenters. The molecule has 5 heteroatoms. The highest BCUT2D eigenvalue weighted by Gasteiger charge is 2.16. The molecule has 1 heterocycles. The molecule has 0 radical (unpaired) electrons. The van der Waals surface area contributed by atoms with Crippen LogP contribution in [-0.4, -0.2) is 10.1 Å². The van der Waals surface area contributed by atoms with Crippen molar-refractivity contribution in [2.45, 2.75) is 32.9 Å². The van der Waals surface area contributed by atoms with Gasteiger partial charge in [0.05, 0.1) is 6.04 Å². The van der Waals surface area contributed by atoms with Crippen LogP contribution in [0.3, 0.4) is 0 Å². The second kappa shape index (κ2) is 6.33. The van der Waals surface area contributed by atoms with E-state index in [4.69, 9.17) is 15.0 Å². The zero-order valence-electron chi connectivity index (χ0n) is 11.2. The van der Waals surface area contributed by atoms with Gasteiger partial charge in [0.15, 0.2) is 6.61 Å². The maximum Gasteiger partial charge on any atom is 0.243 e. The lowest BCUT2D eigenvalue weighted by Crippen LogP contribution is -2.13. The molecule has 19 heavy (non-hydrogen) atoms. The number of nitrogens with two attached hydrogens (primary N) is 1. The Labute approximate surface area is 112 Å². The molecule has 0 spiro atoms. The minimum atomic E-state index is -0.210. The van der Waals surface area contributed by atoms with Gasteiger partial charge in [0.25, 0.3) is 0 Å². The molecular weight excluding hydrogens is 242 g/mol. The molecule has 1 aromatic heterocycles. The van der Waals surface area contributed by atoms with Gasteiger partial charge in [0.2, 0.25) is 11.7 Å². The van der Waals surface area contributed by atoms with Crippen LogP contribution in [0, 0.1) is 5.92 Å². The predicted molar refractivity (Wildman–Crippen MR) is 71.5 cm³/mol. The van der Waals surface area contributed by atoms with E-state index >= 15 is 0 Å². The summed E-state index contributed by atoms with van der Waals surface area (Å²) in [6.45, 7) is 4.49. The van der Waals surface area contributed by atoms with Crippen LogP contribution in [0.15, 0.2) is 34.9 Å². The van der Waals surface area contributed by atoms with Crippen LogP contribution >= 0.6 is 0 Å². The second-order valence-corrected chi connectivity index (χ2v) is 4.89. The van der Waals surface area contributed by atoms with Gasteiger partial charge in [-0.3, -0.25) is 0 Å². The highest BCUT2D eigenvalue weighted by atomic mass is 16.5. The Morgan fingerprint density at radius 2 is 2.00 bits per heavy atom. The van der Waals surface area contributed by atoms with Gasteiger partial charge in [-0.2, -0.15) is 4.98 Å². The fourth-order valence-corrected chi connectivity index (χ4v) is 1.75. The molecule has 0 amide bonds. The van der Waals surface area contributed by atoms with E-state index < -0.39 is 0 Å². The molecular formula is C14H19N3O2. The lowest BCUT2D eigenvalue weighted by Gasteiger charge is -2.08. The van der Waals surface area contributed by atoms with E-state index in [0.29, 0.717) is 17.6 Å². The van der Waals surface area contributed by atoms with Crippen LogP contribution in [0.25, 0.3) is 0 Å². The lowest BCUT2D eigenvalue weighted by atomic mass is 10.0. The van der Waals surface area contributed by atoms with Gasteiger partial charge in [0.1, 0.15) is 5.75 Å². The maximum absolute atomic E-state index is 5.98. The third-order valence-electron chi connectivity index (χ3n) is 2.64. The number of rotatable bonds is 6. The SMILES string of the molecule is CC(C)C[C@H](N)c1nc(COc2ccccc2)no1. The zero-order valence-corrected chi connectivity index (χ0v) is 11.2. The number of benzene rings is 1. The van der Waals surface area contributed by atoms with Gasteiger partial charge in [-0.25, -0.2) is 0 Å². The molecule has 1 atom stereocenters. The predicted octanol–water partition coefficient (Wildman–Crippen LogP) is 2.69. The van der Waals surface area contributed by atoms with Gasteiger partial charge in [0, 0.05) is 0 Å². The third kappa shape index (κ3) is 4.06. The molecule has 0 fully saturated rings. The van der Waals surface area contributed by atoms with Crippen molar-refractivity contribution in [1.82, 2.24) is 10.1 Å². The van der Waals surface area contributed by atoms with Crippen molar-refractivity contribution >= 4 is 0 Å². The normalized spacial score (nSPS) is 12.6. The van der Waals surface area contributed by atoms with E-state index in [2.05, 4.69) is 24.0 Å². The summed E-state index contributed by atoms with van der Waals surface area (Å²) in [4.78, 5) is 4.25. The number of hydrogen-bond donors (Lipinski definition) is 1. The largest absolute Gasteiger partial charge is 0.485 e. The van der Waals surface area contributed by atoms with Crippen LogP contribution in [0.5, 0.6) is 5.75 Å². The van der Waals surface area contributed by atoms with E-state index in [1.54, 1.807) is 0 Å². The first kappa shape index (κ1) is 13.5. The van der Waals surface area contributed by atoms with Crippen LogP contribution in [0.2, 0.25) is 0 Å². The molecule has 0 aliphatic rings. The average Bonchev–Trinajstić information content (AvgIpc) is 2.86. The highest BCUT2D eigenvalue weighted by Crippen LogP contribution is 2.17. The van der Waals surface area contributed by atoms with E-state index in [9.17, 15) is 0 Å². The summed E-state index contributed by atoms with van der Waals surface area (Å²) in [5.74, 6) is 2.25. The molecule has 1 aromatic carbocycles. The number of para-hydroxylation sites is 1. The molecule has 0 saturated carbocycles. The highest BCUT2D eigenvalue weighted by molar-refractivity contribution is 5.20. The summed E-state index contributed by atoms with van der Waals surface area (Å²) in [7, 11) is 0. The Morgan fingerprint density at radius 1 is 1.26 bits per heavy atom. The molecule has 2 N–H and O–H groups in total. The van der Waals surface area contributed by atoms with E-state index in [1.807, 2.05) is 30.3 Å². The average molecular weight is 261 g/mol. The van der Waals surface area contributed by atoms with Gasteiger partial charge in [-0.05, 0) is 24.5 Å². The number of aromatic nitrogens is 2. The fraction of sp³-hybridized carbons (Fsp3) is 0.429. The second-order valence-electron chi connectivity index (χ2n) is 4.89. The molecule has 0 aliphatic carbocycles. The van der Waals surface area contributed by atoms with Crippen LogP contribution < -0.4 is 10.5 Å². The lowest BCUT2D eigenvalue weighted by molar-refractivity contribution is 0.282.